The second-order valence-electron chi connectivity index (χ2n) is 5.72. The van der Waals surface area contributed by atoms with Gasteiger partial charge >= 0.3 is 0 Å². The summed E-state index contributed by atoms with van der Waals surface area (Å²) in [5, 5.41) is 3.33. The van der Waals surface area contributed by atoms with E-state index in [0.717, 1.165) is 24.6 Å². The second kappa shape index (κ2) is 7.83. The van der Waals surface area contributed by atoms with Crippen LogP contribution in [0.5, 0.6) is 11.5 Å². The predicted octanol–water partition coefficient (Wildman–Crippen LogP) is 3.00. The summed E-state index contributed by atoms with van der Waals surface area (Å²) < 4.78 is 24.6. The number of nitrogens with one attached hydrogen (secondary N) is 1. The van der Waals surface area contributed by atoms with E-state index in [1.165, 1.54) is 12.1 Å². The average molecular weight is 327 g/mol. The van der Waals surface area contributed by atoms with Gasteiger partial charge in [0, 0.05) is 30.3 Å². The normalized spacial score (nSPS) is 20.6. The largest absolute Gasteiger partial charge is 0.490 e. The Balaban J connectivity index is 1.86. The summed E-state index contributed by atoms with van der Waals surface area (Å²) in [6.07, 6.45) is 3.61. The first-order valence-corrected chi connectivity index (χ1v) is 8.61. The lowest BCUT2D eigenvalue weighted by Gasteiger charge is -2.37. The molecule has 0 radical (unpaired) electrons. The average Bonchev–Trinajstić information content (AvgIpc) is 2.41. The van der Waals surface area contributed by atoms with E-state index >= 15 is 0 Å². The molecule has 6 heteroatoms. The third kappa shape index (κ3) is 5.18. The van der Waals surface area contributed by atoms with Crippen LogP contribution in [0.2, 0.25) is 0 Å². The lowest BCUT2D eigenvalue weighted by Crippen LogP contribution is -2.49. The van der Waals surface area contributed by atoms with E-state index in [1.54, 1.807) is 12.3 Å². The minimum atomic E-state index is -0.430. The van der Waals surface area contributed by atoms with Gasteiger partial charge in [-0.25, -0.2) is 4.39 Å². The van der Waals surface area contributed by atoms with Crippen molar-refractivity contribution in [1.29, 1.82) is 0 Å². The van der Waals surface area contributed by atoms with Crippen LogP contribution in [0.1, 0.15) is 26.7 Å². The molecule has 1 N–H and O–H groups in total. The van der Waals surface area contributed by atoms with Gasteiger partial charge in [0.05, 0.1) is 0 Å². The number of halogens is 1. The van der Waals surface area contributed by atoms with Crippen LogP contribution in [0.4, 0.5) is 4.39 Å². The molecule has 1 fully saturated rings. The zero-order valence-electron chi connectivity index (χ0n) is 13.1. The first-order chi connectivity index (χ1) is 10.5. The highest BCUT2D eigenvalue weighted by molar-refractivity contribution is 8.13. The molecule has 1 aliphatic carbocycles. The van der Waals surface area contributed by atoms with Gasteiger partial charge in [0.2, 0.25) is 5.12 Å². The van der Waals surface area contributed by atoms with Crippen LogP contribution in [-0.4, -0.2) is 36.2 Å². The van der Waals surface area contributed by atoms with Crippen LogP contribution in [0.3, 0.4) is 0 Å². The van der Waals surface area contributed by atoms with Crippen molar-refractivity contribution in [3.8, 4) is 11.5 Å². The third-order valence-electron chi connectivity index (χ3n) is 3.40. The van der Waals surface area contributed by atoms with E-state index in [4.69, 9.17) is 9.47 Å². The summed E-state index contributed by atoms with van der Waals surface area (Å²) in [4.78, 5) is 11.2. The number of hydrogen-bond acceptors (Lipinski definition) is 5. The van der Waals surface area contributed by atoms with Gasteiger partial charge in [0.1, 0.15) is 23.4 Å². The minimum Gasteiger partial charge on any atom is -0.490 e. The first kappa shape index (κ1) is 17.1. The number of thioether (sulfide) groups is 1. The molecule has 0 aliphatic heterocycles. The van der Waals surface area contributed by atoms with Crippen molar-refractivity contribution in [3.05, 3.63) is 24.0 Å². The molecule has 1 aromatic rings. The molecule has 1 saturated carbocycles. The van der Waals surface area contributed by atoms with Crippen molar-refractivity contribution in [2.75, 3.05) is 12.9 Å². The van der Waals surface area contributed by atoms with Gasteiger partial charge < -0.3 is 14.8 Å². The van der Waals surface area contributed by atoms with Crippen LogP contribution in [-0.2, 0) is 4.79 Å². The molecule has 22 heavy (non-hydrogen) atoms. The van der Waals surface area contributed by atoms with Gasteiger partial charge in [0.25, 0.3) is 0 Å². The molecule has 1 aliphatic rings. The van der Waals surface area contributed by atoms with Crippen LogP contribution < -0.4 is 14.8 Å². The first-order valence-electron chi connectivity index (χ1n) is 7.39. The monoisotopic (exact) mass is 327 g/mol. The topological polar surface area (TPSA) is 47.6 Å². The second-order valence-corrected chi connectivity index (χ2v) is 6.58. The zero-order chi connectivity index (χ0) is 16.1. The minimum absolute atomic E-state index is 0.0755. The number of hydrogen-bond donors (Lipinski definition) is 1. The fourth-order valence-corrected chi connectivity index (χ4v) is 2.53. The summed E-state index contributed by atoms with van der Waals surface area (Å²) in [6.45, 7) is 4.15. The third-order valence-corrected chi connectivity index (χ3v) is 3.97. The SMILES string of the molecule is CSC(=O)COc1cc(F)cc(OC2CC(NC(C)C)C2)c1. The standard InChI is InChI=1S/C16H22FNO3S/c1-10(2)18-12-6-15(7-12)21-14-5-11(17)4-13(8-14)20-9-16(19)22-3/h4-5,8,10,12,15,18H,6-7,9H2,1-3H3. The van der Waals surface area contributed by atoms with Crippen molar-refractivity contribution < 1.29 is 18.7 Å². The van der Waals surface area contributed by atoms with Crippen LogP contribution in [0, 0.1) is 5.82 Å². The molecule has 0 spiro atoms. The lowest BCUT2D eigenvalue weighted by atomic mass is 9.88. The van der Waals surface area contributed by atoms with Crippen LogP contribution in [0.15, 0.2) is 18.2 Å². The van der Waals surface area contributed by atoms with Crippen molar-refractivity contribution in [3.63, 3.8) is 0 Å². The number of carbonyl (C=O) groups is 1. The molecule has 0 unspecified atom stereocenters. The Morgan fingerprint density at radius 3 is 2.68 bits per heavy atom. The van der Waals surface area contributed by atoms with Crippen molar-refractivity contribution >= 4 is 16.9 Å². The quantitative estimate of drug-likeness (QED) is 0.834. The van der Waals surface area contributed by atoms with Gasteiger partial charge in [-0.15, -0.1) is 0 Å². The smallest absolute Gasteiger partial charge is 0.226 e. The fourth-order valence-electron chi connectivity index (χ4n) is 2.35. The van der Waals surface area contributed by atoms with Gasteiger partial charge in [-0.1, -0.05) is 25.6 Å². The summed E-state index contributed by atoms with van der Waals surface area (Å²) in [7, 11) is 0. The molecule has 0 heterocycles. The van der Waals surface area contributed by atoms with E-state index < -0.39 is 5.82 Å². The molecule has 1 aromatic carbocycles. The Bertz CT molecular complexity index is 518. The highest BCUT2D eigenvalue weighted by Crippen LogP contribution is 2.29. The Hall–Kier alpha value is -1.27. The van der Waals surface area contributed by atoms with Crippen molar-refractivity contribution in [2.24, 2.45) is 0 Å². The Morgan fingerprint density at radius 2 is 2.05 bits per heavy atom. The summed E-state index contributed by atoms with van der Waals surface area (Å²) >= 11 is 1.08. The van der Waals surface area contributed by atoms with Gasteiger partial charge in [-0.05, 0) is 19.1 Å². The number of rotatable bonds is 7. The van der Waals surface area contributed by atoms with Crippen molar-refractivity contribution in [1.82, 2.24) is 5.32 Å². The maximum Gasteiger partial charge on any atom is 0.226 e. The fraction of sp³-hybridized carbons (Fsp3) is 0.562. The zero-order valence-corrected chi connectivity index (χ0v) is 13.9. The Morgan fingerprint density at radius 1 is 1.36 bits per heavy atom. The predicted molar refractivity (Wildman–Crippen MR) is 86.1 cm³/mol. The molecule has 0 aromatic heterocycles. The number of benzene rings is 1. The molecule has 0 atom stereocenters. The van der Waals surface area contributed by atoms with Gasteiger partial charge in [-0.3, -0.25) is 4.79 Å². The maximum atomic E-state index is 13.6. The molecular formula is C16H22FNO3S. The van der Waals surface area contributed by atoms with Crippen LogP contribution >= 0.6 is 11.8 Å². The summed E-state index contributed by atoms with van der Waals surface area (Å²) in [6, 6.07) is 5.14. The van der Waals surface area contributed by atoms with E-state index in [0.29, 0.717) is 23.6 Å². The maximum absolute atomic E-state index is 13.6. The van der Waals surface area contributed by atoms with E-state index in [9.17, 15) is 9.18 Å². The molecule has 0 saturated heterocycles. The van der Waals surface area contributed by atoms with E-state index in [1.807, 2.05) is 0 Å². The molecule has 0 amide bonds. The van der Waals surface area contributed by atoms with Crippen LogP contribution in [0.25, 0.3) is 0 Å². The van der Waals surface area contributed by atoms with Gasteiger partial charge in [-0.2, -0.15) is 0 Å². The molecule has 122 valence electrons. The lowest BCUT2D eigenvalue weighted by molar-refractivity contribution is -0.112. The Kier molecular flexibility index (Phi) is 6.08. The van der Waals surface area contributed by atoms with Gasteiger partial charge in [0.15, 0.2) is 6.61 Å². The van der Waals surface area contributed by atoms with Crippen molar-refractivity contribution in [2.45, 2.75) is 44.9 Å². The summed E-state index contributed by atoms with van der Waals surface area (Å²) in [5.41, 5.74) is 0. The Labute approximate surface area is 134 Å². The molecule has 2 rings (SSSR count). The molecule has 4 nitrogen and oxygen atoms in total. The number of ether oxygens (including phenoxy) is 2. The van der Waals surface area contributed by atoms with E-state index in [2.05, 4.69) is 19.2 Å². The molecule has 0 bridgehead atoms. The highest BCUT2D eigenvalue weighted by Gasteiger charge is 2.31. The summed E-state index contributed by atoms with van der Waals surface area (Å²) in [5.74, 6) is 0.327. The highest BCUT2D eigenvalue weighted by atomic mass is 32.2. The number of carbonyl (C=O) groups excluding carboxylic acids is 1. The molecular weight excluding hydrogens is 305 g/mol. The van der Waals surface area contributed by atoms with E-state index in [-0.39, 0.29) is 17.8 Å².